The Labute approximate surface area is 141 Å². The monoisotopic (exact) mass is 332 g/mol. The first kappa shape index (κ1) is 15.9. The molecule has 0 saturated heterocycles. The molecule has 1 N–H and O–H groups in total. The normalized spacial score (nSPS) is 13.3. The van der Waals surface area contributed by atoms with Gasteiger partial charge in [0.05, 0.1) is 23.3 Å². The van der Waals surface area contributed by atoms with E-state index in [1.807, 2.05) is 31.2 Å². The molecular formula is C17H21ClN4O. The van der Waals surface area contributed by atoms with Crippen molar-refractivity contribution in [3.05, 3.63) is 36.2 Å². The highest BCUT2D eigenvalue weighted by Gasteiger charge is 2.28. The van der Waals surface area contributed by atoms with E-state index < -0.39 is 0 Å². The van der Waals surface area contributed by atoms with E-state index in [1.165, 1.54) is 0 Å². The van der Waals surface area contributed by atoms with Gasteiger partial charge < -0.3 is 10.2 Å². The molecule has 0 atom stereocenters. The summed E-state index contributed by atoms with van der Waals surface area (Å²) < 4.78 is 1.75. The lowest BCUT2D eigenvalue weighted by Crippen LogP contribution is -2.20. The standard InChI is InChI=1S/C17H21ClN4O/c1-2-22-16-15(12-19-22)21(11-7-3-6-10-18)14-9-5-4-8-13(14)20-17(16)23/h4-5,8-9,12H,2-3,6-7,10-11H2,1H3,(H,20,23). The second kappa shape index (κ2) is 7.04. The summed E-state index contributed by atoms with van der Waals surface area (Å²) in [7, 11) is 0. The lowest BCUT2D eigenvalue weighted by molar-refractivity contribution is 0.101. The lowest BCUT2D eigenvalue weighted by Gasteiger charge is -2.24. The molecule has 0 radical (unpaired) electrons. The molecule has 0 aliphatic carbocycles. The maximum atomic E-state index is 12.6. The number of para-hydroxylation sites is 2. The van der Waals surface area contributed by atoms with Crippen molar-refractivity contribution in [1.82, 2.24) is 9.78 Å². The van der Waals surface area contributed by atoms with Gasteiger partial charge in [0, 0.05) is 19.0 Å². The molecule has 0 bridgehead atoms. The number of nitrogens with one attached hydrogen (secondary N) is 1. The van der Waals surface area contributed by atoms with Gasteiger partial charge in [-0.3, -0.25) is 9.48 Å². The number of hydrogen-bond donors (Lipinski definition) is 1. The maximum Gasteiger partial charge on any atom is 0.276 e. The molecular weight excluding hydrogens is 312 g/mol. The van der Waals surface area contributed by atoms with Crippen LogP contribution in [0.1, 0.15) is 36.7 Å². The highest BCUT2D eigenvalue weighted by Crippen LogP contribution is 2.37. The third-order valence-electron chi connectivity index (χ3n) is 4.08. The molecule has 1 aromatic carbocycles. The Bertz CT molecular complexity index is 698. The van der Waals surface area contributed by atoms with Gasteiger partial charge in [0.25, 0.3) is 5.91 Å². The zero-order chi connectivity index (χ0) is 16.2. The van der Waals surface area contributed by atoms with Crippen molar-refractivity contribution in [2.24, 2.45) is 0 Å². The van der Waals surface area contributed by atoms with Crippen molar-refractivity contribution in [2.75, 3.05) is 22.6 Å². The molecule has 2 heterocycles. The largest absolute Gasteiger partial charge is 0.337 e. The van der Waals surface area contributed by atoms with E-state index in [4.69, 9.17) is 11.6 Å². The molecule has 23 heavy (non-hydrogen) atoms. The third kappa shape index (κ3) is 3.06. The molecule has 1 aliphatic heterocycles. The van der Waals surface area contributed by atoms with Crippen LogP contribution in [0.25, 0.3) is 0 Å². The van der Waals surface area contributed by atoms with Crippen LogP contribution >= 0.6 is 11.6 Å². The first-order valence-electron chi connectivity index (χ1n) is 8.06. The Morgan fingerprint density at radius 2 is 2.00 bits per heavy atom. The van der Waals surface area contributed by atoms with Crippen molar-refractivity contribution < 1.29 is 4.79 Å². The molecule has 1 aliphatic rings. The van der Waals surface area contributed by atoms with Gasteiger partial charge in [0.15, 0.2) is 0 Å². The Morgan fingerprint density at radius 1 is 1.17 bits per heavy atom. The fourth-order valence-electron chi connectivity index (χ4n) is 2.95. The number of unbranched alkanes of at least 4 members (excludes halogenated alkanes) is 2. The summed E-state index contributed by atoms with van der Waals surface area (Å²) in [5.41, 5.74) is 3.36. The van der Waals surface area contributed by atoms with E-state index in [-0.39, 0.29) is 5.91 Å². The van der Waals surface area contributed by atoms with E-state index >= 15 is 0 Å². The van der Waals surface area contributed by atoms with Crippen molar-refractivity contribution in [3.8, 4) is 0 Å². The van der Waals surface area contributed by atoms with Crippen LogP contribution in [0.15, 0.2) is 30.5 Å². The second-order valence-electron chi connectivity index (χ2n) is 5.57. The number of rotatable bonds is 6. The lowest BCUT2D eigenvalue weighted by atomic mass is 10.2. The van der Waals surface area contributed by atoms with Crippen LogP contribution < -0.4 is 10.2 Å². The van der Waals surface area contributed by atoms with Crippen LogP contribution in [0.3, 0.4) is 0 Å². The molecule has 5 nitrogen and oxygen atoms in total. The number of benzene rings is 1. The molecule has 1 amide bonds. The molecule has 0 fully saturated rings. The van der Waals surface area contributed by atoms with E-state index in [0.717, 1.165) is 42.9 Å². The summed E-state index contributed by atoms with van der Waals surface area (Å²) >= 11 is 5.77. The number of carbonyl (C=O) groups excluding carboxylic acids is 1. The van der Waals surface area contributed by atoms with Crippen molar-refractivity contribution >= 4 is 34.6 Å². The predicted octanol–water partition coefficient (Wildman–Crippen LogP) is 4.02. The number of carbonyl (C=O) groups is 1. The number of halogens is 1. The molecule has 122 valence electrons. The Hall–Kier alpha value is -2.01. The first-order chi connectivity index (χ1) is 11.3. The smallest absolute Gasteiger partial charge is 0.276 e. The second-order valence-corrected chi connectivity index (χ2v) is 5.94. The summed E-state index contributed by atoms with van der Waals surface area (Å²) in [6, 6.07) is 7.91. The Kier molecular flexibility index (Phi) is 4.86. The summed E-state index contributed by atoms with van der Waals surface area (Å²) in [5, 5.41) is 7.38. The van der Waals surface area contributed by atoms with Gasteiger partial charge in [-0.1, -0.05) is 18.6 Å². The van der Waals surface area contributed by atoms with Crippen molar-refractivity contribution in [1.29, 1.82) is 0 Å². The minimum Gasteiger partial charge on any atom is -0.337 e. The number of amides is 1. The fourth-order valence-corrected chi connectivity index (χ4v) is 3.14. The van der Waals surface area contributed by atoms with E-state index in [9.17, 15) is 4.79 Å². The van der Waals surface area contributed by atoms with Crippen LogP contribution in [0.5, 0.6) is 0 Å². The molecule has 0 unspecified atom stereocenters. The number of nitrogens with zero attached hydrogens (tertiary/aromatic N) is 3. The van der Waals surface area contributed by atoms with Gasteiger partial charge in [-0.15, -0.1) is 11.6 Å². The fraction of sp³-hybridized carbons (Fsp3) is 0.412. The zero-order valence-electron chi connectivity index (χ0n) is 13.3. The SMILES string of the molecule is CCn1ncc2c1C(=O)Nc1ccccc1N2CCCCCCl. The first-order valence-corrected chi connectivity index (χ1v) is 8.59. The van der Waals surface area contributed by atoms with Gasteiger partial charge in [0.2, 0.25) is 0 Å². The quantitative estimate of drug-likeness (QED) is 0.642. The average Bonchev–Trinajstić information content (AvgIpc) is 2.95. The van der Waals surface area contributed by atoms with Crippen molar-refractivity contribution in [2.45, 2.75) is 32.7 Å². The van der Waals surface area contributed by atoms with Crippen LogP contribution in [0, 0.1) is 0 Å². The molecule has 0 saturated carbocycles. The Balaban J connectivity index is 2.00. The minimum absolute atomic E-state index is 0.102. The van der Waals surface area contributed by atoms with Gasteiger partial charge in [-0.2, -0.15) is 5.10 Å². The van der Waals surface area contributed by atoms with E-state index in [1.54, 1.807) is 10.9 Å². The summed E-state index contributed by atoms with van der Waals surface area (Å²) in [6.45, 7) is 3.49. The highest BCUT2D eigenvalue weighted by molar-refractivity contribution is 6.17. The van der Waals surface area contributed by atoms with Gasteiger partial charge in [-0.25, -0.2) is 0 Å². The van der Waals surface area contributed by atoms with E-state index in [2.05, 4.69) is 15.3 Å². The molecule has 2 aromatic rings. The number of aromatic nitrogens is 2. The van der Waals surface area contributed by atoms with Crippen LogP contribution in [-0.2, 0) is 6.54 Å². The minimum atomic E-state index is -0.102. The van der Waals surface area contributed by atoms with Gasteiger partial charge in [0.1, 0.15) is 5.69 Å². The number of anilines is 3. The molecule has 0 spiro atoms. The Morgan fingerprint density at radius 3 is 2.78 bits per heavy atom. The van der Waals surface area contributed by atoms with Gasteiger partial charge in [-0.05, 0) is 31.9 Å². The number of hydrogen-bond acceptors (Lipinski definition) is 3. The number of aryl methyl sites for hydroxylation is 1. The van der Waals surface area contributed by atoms with Crippen LogP contribution in [0.4, 0.5) is 17.1 Å². The highest BCUT2D eigenvalue weighted by atomic mass is 35.5. The third-order valence-corrected chi connectivity index (χ3v) is 4.35. The van der Waals surface area contributed by atoms with E-state index in [0.29, 0.717) is 18.1 Å². The van der Waals surface area contributed by atoms with Gasteiger partial charge >= 0.3 is 0 Å². The summed E-state index contributed by atoms with van der Waals surface area (Å²) in [4.78, 5) is 14.8. The molecule has 3 rings (SSSR count). The predicted molar refractivity (Wildman–Crippen MR) is 93.9 cm³/mol. The topological polar surface area (TPSA) is 50.2 Å². The molecule has 1 aromatic heterocycles. The van der Waals surface area contributed by atoms with Crippen LogP contribution in [-0.4, -0.2) is 28.1 Å². The zero-order valence-corrected chi connectivity index (χ0v) is 14.0. The van der Waals surface area contributed by atoms with Crippen molar-refractivity contribution in [3.63, 3.8) is 0 Å². The van der Waals surface area contributed by atoms with Crippen LogP contribution in [0.2, 0.25) is 0 Å². The molecule has 6 heteroatoms. The summed E-state index contributed by atoms with van der Waals surface area (Å²) in [5.74, 6) is 0.588. The summed E-state index contributed by atoms with van der Waals surface area (Å²) in [6.07, 6.45) is 4.89. The maximum absolute atomic E-state index is 12.6. The number of alkyl halides is 1. The average molecular weight is 333 g/mol. The number of fused-ring (bicyclic) bond motifs is 2.